The highest BCUT2D eigenvalue weighted by atomic mass is 15.1. The average molecular weight is 765 g/mol. The summed E-state index contributed by atoms with van der Waals surface area (Å²) in [6.45, 7) is 0. The molecule has 0 aliphatic rings. The van der Waals surface area contributed by atoms with E-state index in [1.54, 1.807) is 0 Å². The molecule has 0 fully saturated rings. The molecule has 1 aromatic heterocycles. The van der Waals surface area contributed by atoms with Gasteiger partial charge in [-0.2, -0.15) is 0 Å². The molecule has 0 aliphatic heterocycles. The molecular weight excluding hydrogens is 725 g/mol. The maximum atomic E-state index is 2.39. The first-order valence-corrected chi connectivity index (χ1v) is 20.6. The van der Waals surface area contributed by atoms with Crippen LogP contribution < -0.4 is 4.90 Å². The Morgan fingerprint density at radius 1 is 0.267 bits per heavy atom. The molecule has 0 saturated heterocycles. The molecule has 60 heavy (non-hydrogen) atoms. The molecule has 2 heteroatoms. The van der Waals surface area contributed by atoms with Gasteiger partial charge in [0.05, 0.1) is 11.0 Å². The molecule has 10 aromatic carbocycles. The van der Waals surface area contributed by atoms with Gasteiger partial charge in [-0.15, -0.1) is 0 Å². The van der Waals surface area contributed by atoms with Gasteiger partial charge in [-0.05, 0) is 116 Å². The largest absolute Gasteiger partial charge is 0.311 e. The number of aromatic nitrogens is 1. The SMILES string of the molecule is c1ccc(N(c2ccc(-c3ccc(-c4cccc5ccccc45)cc3)cc2)c2ccc(-c3ccccc3-c3cccc4c3c3ccccc3n4-c3ccccc3)cc2)cc1. The zero-order chi connectivity index (χ0) is 39.8. The third kappa shape index (κ3) is 6.23. The van der Waals surface area contributed by atoms with Gasteiger partial charge < -0.3 is 9.47 Å². The van der Waals surface area contributed by atoms with Gasteiger partial charge in [-0.1, -0.05) is 182 Å². The quantitative estimate of drug-likeness (QED) is 0.150. The monoisotopic (exact) mass is 764 g/mol. The van der Waals surface area contributed by atoms with Crippen molar-refractivity contribution in [3.05, 3.63) is 243 Å². The summed E-state index contributed by atoms with van der Waals surface area (Å²) in [5.41, 5.74) is 16.6. The Hall–Kier alpha value is -7.94. The van der Waals surface area contributed by atoms with Crippen molar-refractivity contribution in [3.63, 3.8) is 0 Å². The standard InChI is InChI=1S/C58H40N2/c1-3-17-46(18-4-1)59(48-37-33-42(34-38-48)41-29-31-44(32-30-41)51-25-13-16-43-15-7-8-21-50(43)51)49-39-35-45(36-40-49)52-22-9-10-23-53(52)54-26-14-28-57-58(54)55-24-11-12-27-56(55)60(57)47-19-5-2-6-20-47/h1-40H. The molecule has 282 valence electrons. The second kappa shape index (κ2) is 15.1. The lowest BCUT2D eigenvalue weighted by atomic mass is 9.92. The minimum Gasteiger partial charge on any atom is -0.311 e. The van der Waals surface area contributed by atoms with Gasteiger partial charge in [0, 0.05) is 33.5 Å². The number of anilines is 3. The first-order chi connectivity index (χ1) is 29.8. The van der Waals surface area contributed by atoms with Crippen LogP contribution in [-0.4, -0.2) is 4.57 Å². The van der Waals surface area contributed by atoms with Crippen molar-refractivity contribution in [3.8, 4) is 50.2 Å². The number of hydrogen-bond donors (Lipinski definition) is 0. The molecular formula is C58H40N2. The summed E-state index contributed by atoms with van der Waals surface area (Å²) in [6.07, 6.45) is 0. The van der Waals surface area contributed by atoms with Crippen molar-refractivity contribution in [1.29, 1.82) is 0 Å². The van der Waals surface area contributed by atoms with E-state index in [4.69, 9.17) is 0 Å². The lowest BCUT2D eigenvalue weighted by Crippen LogP contribution is -2.09. The van der Waals surface area contributed by atoms with Crippen LogP contribution in [0, 0.1) is 0 Å². The molecule has 0 radical (unpaired) electrons. The number of benzene rings is 10. The molecule has 11 rings (SSSR count). The predicted octanol–water partition coefficient (Wildman–Crippen LogP) is 16.1. The van der Waals surface area contributed by atoms with E-state index in [9.17, 15) is 0 Å². The Kier molecular flexibility index (Phi) is 8.87. The first kappa shape index (κ1) is 35.2. The Labute approximate surface area is 350 Å². The highest BCUT2D eigenvalue weighted by molar-refractivity contribution is 6.16. The zero-order valence-corrected chi connectivity index (χ0v) is 33.0. The molecule has 0 atom stereocenters. The fourth-order valence-electron chi connectivity index (χ4n) is 9.01. The van der Waals surface area contributed by atoms with E-state index in [0.717, 1.165) is 22.7 Å². The van der Waals surface area contributed by atoms with E-state index in [-0.39, 0.29) is 0 Å². The van der Waals surface area contributed by atoms with Gasteiger partial charge in [-0.3, -0.25) is 0 Å². The summed E-state index contributed by atoms with van der Waals surface area (Å²) in [4.78, 5) is 2.34. The molecule has 0 unspecified atom stereocenters. The first-order valence-electron chi connectivity index (χ1n) is 20.6. The Bertz CT molecular complexity index is 3270. The third-order valence-corrected chi connectivity index (χ3v) is 11.8. The third-order valence-electron chi connectivity index (χ3n) is 11.8. The van der Waals surface area contributed by atoms with Crippen molar-refractivity contribution in [1.82, 2.24) is 4.57 Å². The number of hydrogen-bond acceptors (Lipinski definition) is 1. The molecule has 0 amide bonds. The lowest BCUT2D eigenvalue weighted by molar-refractivity contribution is 1.18. The predicted molar refractivity (Wildman–Crippen MR) is 255 cm³/mol. The summed E-state index contributed by atoms with van der Waals surface area (Å²) < 4.78 is 2.39. The highest BCUT2D eigenvalue weighted by Crippen LogP contribution is 2.43. The van der Waals surface area contributed by atoms with Crippen molar-refractivity contribution in [2.45, 2.75) is 0 Å². The molecule has 0 saturated carbocycles. The van der Waals surface area contributed by atoms with Crippen LogP contribution in [0.5, 0.6) is 0 Å². The van der Waals surface area contributed by atoms with Crippen LogP contribution in [0.1, 0.15) is 0 Å². The smallest absolute Gasteiger partial charge is 0.0547 e. The van der Waals surface area contributed by atoms with Crippen LogP contribution in [0.15, 0.2) is 243 Å². The fraction of sp³-hybridized carbons (Fsp3) is 0. The van der Waals surface area contributed by atoms with Gasteiger partial charge in [0.1, 0.15) is 0 Å². The highest BCUT2D eigenvalue weighted by Gasteiger charge is 2.19. The summed E-state index contributed by atoms with van der Waals surface area (Å²) >= 11 is 0. The molecule has 2 nitrogen and oxygen atoms in total. The molecule has 0 aliphatic carbocycles. The Morgan fingerprint density at radius 2 is 0.717 bits per heavy atom. The Balaban J connectivity index is 0.936. The lowest BCUT2D eigenvalue weighted by Gasteiger charge is -2.26. The summed E-state index contributed by atoms with van der Waals surface area (Å²) in [5, 5.41) is 5.05. The normalized spacial score (nSPS) is 11.3. The summed E-state index contributed by atoms with van der Waals surface area (Å²) in [5.74, 6) is 0. The number of nitrogens with zero attached hydrogens (tertiary/aromatic N) is 2. The van der Waals surface area contributed by atoms with Gasteiger partial charge in [0.25, 0.3) is 0 Å². The van der Waals surface area contributed by atoms with Crippen molar-refractivity contribution in [2.75, 3.05) is 4.90 Å². The second-order valence-corrected chi connectivity index (χ2v) is 15.3. The van der Waals surface area contributed by atoms with E-state index >= 15 is 0 Å². The average Bonchev–Trinajstić information content (AvgIpc) is 3.67. The van der Waals surface area contributed by atoms with Gasteiger partial charge in [0.2, 0.25) is 0 Å². The summed E-state index contributed by atoms with van der Waals surface area (Å²) in [7, 11) is 0. The second-order valence-electron chi connectivity index (χ2n) is 15.3. The van der Waals surface area contributed by atoms with Gasteiger partial charge >= 0.3 is 0 Å². The van der Waals surface area contributed by atoms with E-state index in [1.807, 2.05) is 0 Å². The van der Waals surface area contributed by atoms with Crippen LogP contribution in [-0.2, 0) is 0 Å². The topological polar surface area (TPSA) is 8.17 Å². The van der Waals surface area contributed by atoms with E-state index < -0.39 is 0 Å². The minimum absolute atomic E-state index is 1.10. The minimum atomic E-state index is 1.10. The Morgan fingerprint density at radius 3 is 1.45 bits per heavy atom. The zero-order valence-electron chi connectivity index (χ0n) is 33.0. The van der Waals surface area contributed by atoms with Crippen LogP contribution >= 0.6 is 0 Å². The molecule has 0 N–H and O–H groups in total. The summed E-state index contributed by atoms with van der Waals surface area (Å²) in [6, 6.07) is 87.7. The van der Waals surface area contributed by atoms with Crippen LogP contribution in [0.3, 0.4) is 0 Å². The fourth-order valence-corrected chi connectivity index (χ4v) is 9.01. The van der Waals surface area contributed by atoms with Crippen molar-refractivity contribution in [2.24, 2.45) is 0 Å². The van der Waals surface area contributed by atoms with Crippen LogP contribution in [0.25, 0.3) is 82.8 Å². The van der Waals surface area contributed by atoms with Gasteiger partial charge in [0.15, 0.2) is 0 Å². The number of fused-ring (bicyclic) bond motifs is 4. The van der Waals surface area contributed by atoms with Crippen molar-refractivity contribution >= 4 is 49.6 Å². The van der Waals surface area contributed by atoms with Gasteiger partial charge in [-0.25, -0.2) is 0 Å². The number of rotatable bonds is 8. The van der Waals surface area contributed by atoms with Crippen LogP contribution in [0.4, 0.5) is 17.1 Å². The maximum Gasteiger partial charge on any atom is 0.0547 e. The molecule has 11 aromatic rings. The molecule has 1 heterocycles. The van der Waals surface area contributed by atoms with Crippen LogP contribution in [0.2, 0.25) is 0 Å². The van der Waals surface area contributed by atoms with Crippen molar-refractivity contribution < 1.29 is 0 Å². The van der Waals surface area contributed by atoms with E-state index in [2.05, 4.69) is 252 Å². The molecule has 0 spiro atoms. The number of para-hydroxylation sites is 3. The maximum absolute atomic E-state index is 2.39. The molecule has 0 bridgehead atoms. The van der Waals surface area contributed by atoms with E-state index in [0.29, 0.717) is 0 Å². The van der Waals surface area contributed by atoms with E-state index in [1.165, 1.54) is 77.1 Å².